The first kappa shape index (κ1) is 15.3. The summed E-state index contributed by atoms with van der Waals surface area (Å²) in [6.45, 7) is 9.65. The predicted molar refractivity (Wildman–Crippen MR) is 89.2 cm³/mol. The summed E-state index contributed by atoms with van der Waals surface area (Å²) in [5.74, 6) is 1.47. The number of anilines is 3. The monoisotopic (exact) mass is 284 g/mol. The first-order chi connectivity index (χ1) is 10.0. The number of nitrogens with zero attached hydrogens (tertiary/aromatic N) is 2. The summed E-state index contributed by atoms with van der Waals surface area (Å²) in [5, 5.41) is 6.61. The fourth-order valence-electron chi connectivity index (χ4n) is 2.14. The Morgan fingerprint density at radius 2 is 1.86 bits per heavy atom. The molecule has 0 spiro atoms. The Hall–Kier alpha value is -2.10. The lowest BCUT2D eigenvalue weighted by atomic mass is 9.86. The van der Waals surface area contributed by atoms with Gasteiger partial charge in [0.2, 0.25) is 5.95 Å². The Balaban J connectivity index is 2.23. The van der Waals surface area contributed by atoms with Gasteiger partial charge in [0, 0.05) is 18.4 Å². The number of para-hydroxylation sites is 1. The number of benzene rings is 1. The van der Waals surface area contributed by atoms with Crippen molar-refractivity contribution in [2.24, 2.45) is 0 Å². The van der Waals surface area contributed by atoms with Gasteiger partial charge >= 0.3 is 0 Å². The first-order valence-corrected chi connectivity index (χ1v) is 7.44. The summed E-state index contributed by atoms with van der Waals surface area (Å²) in [6.07, 6.45) is 2.84. The van der Waals surface area contributed by atoms with Crippen LogP contribution in [0.3, 0.4) is 0 Å². The lowest BCUT2D eigenvalue weighted by molar-refractivity contribution is 0.592. The van der Waals surface area contributed by atoms with Gasteiger partial charge in [0.25, 0.3) is 0 Å². The van der Waals surface area contributed by atoms with E-state index in [9.17, 15) is 0 Å². The zero-order chi connectivity index (χ0) is 15.3. The van der Waals surface area contributed by atoms with Crippen LogP contribution in [-0.2, 0) is 5.41 Å². The molecule has 0 saturated heterocycles. The number of hydrogen-bond donors (Lipinski definition) is 2. The van der Waals surface area contributed by atoms with E-state index in [2.05, 4.69) is 66.5 Å². The van der Waals surface area contributed by atoms with Gasteiger partial charge in [-0.25, -0.2) is 4.98 Å². The molecule has 1 aromatic heterocycles. The molecule has 2 N–H and O–H groups in total. The zero-order valence-corrected chi connectivity index (χ0v) is 13.3. The van der Waals surface area contributed by atoms with Crippen LogP contribution >= 0.6 is 0 Å². The minimum Gasteiger partial charge on any atom is -0.370 e. The van der Waals surface area contributed by atoms with Gasteiger partial charge in [-0.15, -0.1) is 0 Å². The van der Waals surface area contributed by atoms with Crippen LogP contribution < -0.4 is 10.6 Å². The number of rotatable bonds is 5. The maximum Gasteiger partial charge on any atom is 0.229 e. The van der Waals surface area contributed by atoms with Crippen LogP contribution in [0, 0.1) is 0 Å². The van der Waals surface area contributed by atoms with E-state index in [0.717, 1.165) is 24.5 Å². The Labute approximate surface area is 127 Å². The van der Waals surface area contributed by atoms with Crippen molar-refractivity contribution in [1.29, 1.82) is 0 Å². The highest BCUT2D eigenvalue weighted by Crippen LogP contribution is 2.30. The Kier molecular flexibility index (Phi) is 4.78. The van der Waals surface area contributed by atoms with Crippen molar-refractivity contribution < 1.29 is 0 Å². The molecule has 0 unspecified atom stereocenters. The van der Waals surface area contributed by atoms with E-state index in [0.29, 0.717) is 5.95 Å². The van der Waals surface area contributed by atoms with Crippen molar-refractivity contribution >= 4 is 17.5 Å². The summed E-state index contributed by atoms with van der Waals surface area (Å²) in [6, 6.07) is 10.2. The van der Waals surface area contributed by atoms with E-state index in [1.165, 1.54) is 5.56 Å². The molecule has 1 aromatic carbocycles. The van der Waals surface area contributed by atoms with E-state index >= 15 is 0 Å². The topological polar surface area (TPSA) is 49.8 Å². The lowest BCUT2D eigenvalue weighted by Crippen LogP contribution is -2.14. The summed E-state index contributed by atoms with van der Waals surface area (Å²) in [4.78, 5) is 8.80. The van der Waals surface area contributed by atoms with E-state index in [1.807, 2.05) is 12.1 Å². The molecular formula is C17H24N4. The molecule has 0 saturated carbocycles. The summed E-state index contributed by atoms with van der Waals surface area (Å²) < 4.78 is 0. The molecule has 112 valence electrons. The molecule has 4 heteroatoms. The molecule has 0 atom stereocenters. The van der Waals surface area contributed by atoms with Crippen molar-refractivity contribution in [3.05, 3.63) is 42.1 Å². The highest BCUT2D eigenvalue weighted by atomic mass is 15.1. The van der Waals surface area contributed by atoms with Gasteiger partial charge in [-0.05, 0) is 29.5 Å². The molecule has 0 radical (unpaired) electrons. The molecule has 0 amide bonds. The van der Waals surface area contributed by atoms with Gasteiger partial charge in [0.05, 0.1) is 0 Å². The van der Waals surface area contributed by atoms with Gasteiger partial charge in [-0.3, -0.25) is 0 Å². The normalized spacial score (nSPS) is 11.2. The third-order valence-corrected chi connectivity index (χ3v) is 3.19. The second-order valence-electron chi connectivity index (χ2n) is 6.11. The zero-order valence-electron chi connectivity index (χ0n) is 13.3. The number of hydrogen-bond acceptors (Lipinski definition) is 4. The van der Waals surface area contributed by atoms with Gasteiger partial charge < -0.3 is 10.6 Å². The van der Waals surface area contributed by atoms with Crippen LogP contribution in [0.15, 0.2) is 36.5 Å². The molecular weight excluding hydrogens is 260 g/mol. The highest BCUT2D eigenvalue weighted by molar-refractivity contribution is 5.61. The van der Waals surface area contributed by atoms with Crippen LogP contribution in [0.2, 0.25) is 0 Å². The van der Waals surface area contributed by atoms with Gasteiger partial charge in [-0.2, -0.15) is 4.98 Å². The first-order valence-electron chi connectivity index (χ1n) is 7.44. The Bertz CT molecular complexity index is 587. The summed E-state index contributed by atoms with van der Waals surface area (Å²) in [5.41, 5.74) is 2.37. The molecule has 1 heterocycles. The van der Waals surface area contributed by atoms with E-state index in [4.69, 9.17) is 0 Å². The van der Waals surface area contributed by atoms with Crippen molar-refractivity contribution in [3.63, 3.8) is 0 Å². The van der Waals surface area contributed by atoms with Gasteiger partial charge in [0.15, 0.2) is 0 Å². The van der Waals surface area contributed by atoms with E-state index in [-0.39, 0.29) is 5.41 Å². The van der Waals surface area contributed by atoms with Crippen LogP contribution in [0.1, 0.15) is 39.7 Å². The quantitative estimate of drug-likeness (QED) is 0.857. The van der Waals surface area contributed by atoms with E-state index in [1.54, 1.807) is 6.20 Å². The van der Waals surface area contributed by atoms with Gasteiger partial charge in [0.1, 0.15) is 5.82 Å². The van der Waals surface area contributed by atoms with Crippen LogP contribution in [-0.4, -0.2) is 16.5 Å². The minimum atomic E-state index is 0.0711. The largest absolute Gasteiger partial charge is 0.370 e. The van der Waals surface area contributed by atoms with E-state index < -0.39 is 0 Å². The molecule has 0 bridgehead atoms. The molecule has 0 fully saturated rings. The summed E-state index contributed by atoms with van der Waals surface area (Å²) in [7, 11) is 0. The highest BCUT2D eigenvalue weighted by Gasteiger charge is 2.17. The number of nitrogens with one attached hydrogen (secondary N) is 2. The third kappa shape index (κ3) is 4.18. The molecule has 0 aliphatic carbocycles. The molecule has 4 nitrogen and oxygen atoms in total. The molecule has 0 aliphatic heterocycles. The molecule has 21 heavy (non-hydrogen) atoms. The average Bonchev–Trinajstić information content (AvgIpc) is 2.45. The van der Waals surface area contributed by atoms with Crippen LogP contribution in [0.5, 0.6) is 0 Å². The molecule has 2 aromatic rings. The van der Waals surface area contributed by atoms with Gasteiger partial charge in [-0.1, -0.05) is 45.9 Å². The van der Waals surface area contributed by atoms with Crippen molar-refractivity contribution in [3.8, 4) is 0 Å². The van der Waals surface area contributed by atoms with Crippen molar-refractivity contribution in [2.45, 2.75) is 39.5 Å². The Morgan fingerprint density at radius 3 is 2.57 bits per heavy atom. The maximum atomic E-state index is 4.50. The third-order valence-electron chi connectivity index (χ3n) is 3.19. The fourth-order valence-corrected chi connectivity index (χ4v) is 2.14. The Morgan fingerprint density at radius 1 is 1.10 bits per heavy atom. The fraction of sp³-hybridized carbons (Fsp3) is 0.412. The van der Waals surface area contributed by atoms with Crippen LogP contribution in [0.4, 0.5) is 17.5 Å². The molecule has 2 rings (SSSR count). The number of aromatic nitrogens is 2. The van der Waals surface area contributed by atoms with Crippen LogP contribution in [0.25, 0.3) is 0 Å². The lowest BCUT2D eigenvalue weighted by Gasteiger charge is -2.23. The summed E-state index contributed by atoms with van der Waals surface area (Å²) >= 11 is 0. The van der Waals surface area contributed by atoms with Crippen molar-refractivity contribution in [1.82, 2.24) is 9.97 Å². The maximum absolute atomic E-state index is 4.50. The van der Waals surface area contributed by atoms with Crippen molar-refractivity contribution in [2.75, 3.05) is 17.2 Å². The SMILES string of the molecule is CCCNc1ccnc(Nc2ccccc2C(C)(C)C)n1. The minimum absolute atomic E-state index is 0.0711. The molecule has 0 aliphatic rings. The predicted octanol–water partition coefficient (Wildman–Crippen LogP) is 4.34. The second kappa shape index (κ2) is 6.57. The second-order valence-corrected chi connectivity index (χ2v) is 6.11. The average molecular weight is 284 g/mol. The smallest absolute Gasteiger partial charge is 0.229 e. The standard InChI is InChI=1S/C17H24N4/c1-5-11-18-15-10-12-19-16(21-15)20-14-9-7-6-8-13(14)17(2,3)4/h6-10,12H,5,11H2,1-4H3,(H2,18,19,20,21).